The maximum atomic E-state index is 4.15. The van der Waals surface area contributed by atoms with Crippen LogP contribution in [-0.2, 0) is 0 Å². The van der Waals surface area contributed by atoms with E-state index >= 15 is 0 Å². The molecule has 1 aliphatic rings. The smallest absolute Gasteiger partial charge is 0.0114 e. The molecular weight excluding hydrogens is 192 g/mol. The third-order valence-electron chi connectivity index (χ3n) is 3.72. The van der Waals surface area contributed by atoms with E-state index in [4.69, 9.17) is 0 Å². The van der Waals surface area contributed by atoms with Crippen molar-refractivity contribution in [3.8, 4) is 0 Å². The van der Waals surface area contributed by atoms with E-state index in [0.717, 1.165) is 18.3 Å². The van der Waals surface area contributed by atoms with Crippen LogP contribution in [0.5, 0.6) is 0 Å². The lowest BCUT2D eigenvalue weighted by Crippen LogP contribution is -2.14. The average molecular weight is 220 g/mol. The Morgan fingerprint density at radius 3 is 2.00 bits per heavy atom. The Labute approximate surface area is 102 Å². The zero-order chi connectivity index (χ0) is 12.0. The molecule has 1 fully saturated rings. The minimum absolute atomic E-state index is 0.844. The maximum Gasteiger partial charge on any atom is -0.0114 e. The van der Waals surface area contributed by atoms with Crippen molar-refractivity contribution >= 4 is 0 Å². The predicted molar refractivity (Wildman–Crippen MR) is 73.5 cm³/mol. The summed E-state index contributed by atoms with van der Waals surface area (Å²) in [6.45, 7) is 12.9. The summed E-state index contributed by atoms with van der Waals surface area (Å²) in [5, 5.41) is 0. The summed E-state index contributed by atoms with van der Waals surface area (Å²) in [7, 11) is 0. The molecule has 0 atom stereocenters. The molecule has 0 amide bonds. The second-order valence-electron chi connectivity index (χ2n) is 5.63. The van der Waals surface area contributed by atoms with Gasteiger partial charge in [0.1, 0.15) is 0 Å². The van der Waals surface area contributed by atoms with Gasteiger partial charge in [0.05, 0.1) is 0 Å². The van der Waals surface area contributed by atoms with Gasteiger partial charge in [-0.25, -0.2) is 0 Å². The molecule has 1 saturated carbocycles. The first-order valence-electron chi connectivity index (χ1n) is 6.99. The summed E-state index contributed by atoms with van der Waals surface area (Å²) in [5.41, 5.74) is 2.82. The van der Waals surface area contributed by atoms with Gasteiger partial charge in [-0.2, -0.15) is 0 Å². The van der Waals surface area contributed by atoms with Crippen LogP contribution in [0.15, 0.2) is 24.3 Å². The highest BCUT2D eigenvalue weighted by atomic mass is 14.3. The second kappa shape index (κ2) is 6.93. The number of rotatable bonds is 6. The van der Waals surface area contributed by atoms with Crippen LogP contribution in [0.25, 0.3) is 0 Å². The molecule has 0 radical (unpaired) electrons. The molecule has 0 spiro atoms. The molecule has 0 aliphatic heterocycles. The Bertz CT molecular complexity index is 214. The average Bonchev–Trinajstić information content (AvgIpc) is 2.16. The van der Waals surface area contributed by atoms with Gasteiger partial charge in [-0.1, -0.05) is 63.8 Å². The zero-order valence-corrected chi connectivity index (χ0v) is 11.2. The Morgan fingerprint density at radius 2 is 1.56 bits per heavy atom. The van der Waals surface area contributed by atoms with Gasteiger partial charge in [0.25, 0.3) is 0 Å². The van der Waals surface area contributed by atoms with E-state index in [-0.39, 0.29) is 0 Å². The molecule has 0 N–H and O–H groups in total. The first-order valence-corrected chi connectivity index (χ1v) is 6.99. The van der Waals surface area contributed by atoms with Crippen LogP contribution in [-0.4, -0.2) is 0 Å². The summed E-state index contributed by atoms with van der Waals surface area (Å²) >= 11 is 0. The van der Waals surface area contributed by atoms with E-state index in [1.165, 1.54) is 56.1 Å². The molecule has 0 aromatic heterocycles. The van der Waals surface area contributed by atoms with E-state index in [0.29, 0.717) is 0 Å². The normalized spacial score (nSPS) is 18.4. The van der Waals surface area contributed by atoms with Crippen molar-refractivity contribution in [3.05, 3.63) is 24.3 Å². The Morgan fingerprint density at radius 1 is 1.06 bits per heavy atom. The standard InChI is InChI=1S/C16H28/c1-5-7-15(8-6-2)12-16-10-13(3)9-14(4)11-16/h15-16H,3-12H2,1-2H3. The van der Waals surface area contributed by atoms with E-state index in [2.05, 4.69) is 27.0 Å². The first kappa shape index (κ1) is 13.5. The molecule has 0 heteroatoms. The lowest BCUT2D eigenvalue weighted by molar-refractivity contribution is 0.316. The largest absolute Gasteiger partial charge is 0.0995 e. The first-order chi connectivity index (χ1) is 7.65. The molecule has 0 heterocycles. The van der Waals surface area contributed by atoms with Crippen LogP contribution in [0.2, 0.25) is 0 Å². The summed E-state index contributed by atoms with van der Waals surface area (Å²) in [6.07, 6.45) is 10.5. The maximum absolute atomic E-state index is 4.15. The van der Waals surface area contributed by atoms with Gasteiger partial charge >= 0.3 is 0 Å². The molecule has 0 saturated heterocycles. The number of hydrogen-bond acceptors (Lipinski definition) is 0. The summed E-state index contributed by atoms with van der Waals surface area (Å²) < 4.78 is 0. The fourth-order valence-corrected chi connectivity index (χ4v) is 3.22. The van der Waals surface area contributed by atoms with Crippen molar-refractivity contribution in [2.24, 2.45) is 11.8 Å². The van der Waals surface area contributed by atoms with Gasteiger partial charge in [-0.15, -0.1) is 0 Å². The van der Waals surface area contributed by atoms with Crippen LogP contribution >= 0.6 is 0 Å². The SMILES string of the molecule is C=C1CC(=C)CC(CC(CCC)CCC)C1. The summed E-state index contributed by atoms with van der Waals surface area (Å²) in [4.78, 5) is 0. The predicted octanol–water partition coefficient (Wildman–Crippen LogP) is 5.51. The van der Waals surface area contributed by atoms with Gasteiger partial charge in [-0.3, -0.25) is 0 Å². The van der Waals surface area contributed by atoms with Gasteiger partial charge in [0.15, 0.2) is 0 Å². The quantitative estimate of drug-likeness (QED) is 0.518. The van der Waals surface area contributed by atoms with Gasteiger partial charge in [0, 0.05) is 0 Å². The van der Waals surface area contributed by atoms with Crippen LogP contribution < -0.4 is 0 Å². The van der Waals surface area contributed by atoms with Crippen LogP contribution in [0.3, 0.4) is 0 Å². The number of allylic oxidation sites excluding steroid dienone is 2. The zero-order valence-electron chi connectivity index (χ0n) is 11.2. The minimum atomic E-state index is 0.844. The van der Waals surface area contributed by atoms with Gasteiger partial charge in [0.2, 0.25) is 0 Å². The summed E-state index contributed by atoms with van der Waals surface area (Å²) in [5.74, 6) is 1.79. The fourth-order valence-electron chi connectivity index (χ4n) is 3.22. The molecule has 0 aromatic rings. The van der Waals surface area contributed by atoms with Crippen molar-refractivity contribution in [1.29, 1.82) is 0 Å². The van der Waals surface area contributed by atoms with Crippen molar-refractivity contribution in [1.82, 2.24) is 0 Å². The van der Waals surface area contributed by atoms with E-state index < -0.39 is 0 Å². The lowest BCUT2D eigenvalue weighted by atomic mass is 9.77. The molecule has 16 heavy (non-hydrogen) atoms. The Balaban J connectivity index is 2.43. The molecule has 0 aromatic carbocycles. The molecule has 0 bridgehead atoms. The van der Waals surface area contributed by atoms with Crippen molar-refractivity contribution in [2.75, 3.05) is 0 Å². The van der Waals surface area contributed by atoms with Crippen LogP contribution in [0.4, 0.5) is 0 Å². The second-order valence-corrected chi connectivity index (χ2v) is 5.63. The topological polar surface area (TPSA) is 0 Å². The Hall–Kier alpha value is -0.520. The Kier molecular flexibility index (Phi) is 5.87. The van der Waals surface area contributed by atoms with Crippen LogP contribution in [0.1, 0.15) is 65.2 Å². The molecule has 0 nitrogen and oxygen atoms in total. The van der Waals surface area contributed by atoms with Crippen molar-refractivity contribution in [3.63, 3.8) is 0 Å². The van der Waals surface area contributed by atoms with Gasteiger partial charge in [-0.05, 0) is 37.5 Å². The molecule has 1 rings (SSSR count). The van der Waals surface area contributed by atoms with Gasteiger partial charge < -0.3 is 0 Å². The van der Waals surface area contributed by atoms with Crippen molar-refractivity contribution < 1.29 is 0 Å². The highest BCUT2D eigenvalue weighted by Crippen LogP contribution is 2.36. The lowest BCUT2D eigenvalue weighted by Gasteiger charge is -2.29. The third-order valence-corrected chi connectivity index (χ3v) is 3.72. The van der Waals surface area contributed by atoms with E-state index in [1.54, 1.807) is 0 Å². The molecule has 92 valence electrons. The highest BCUT2D eigenvalue weighted by molar-refractivity contribution is 5.15. The monoisotopic (exact) mass is 220 g/mol. The fraction of sp³-hybridized carbons (Fsp3) is 0.750. The number of hydrogen-bond donors (Lipinski definition) is 0. The summed E-state index contributed by atoms with van der Waals surface area (Å²) in [6, 6.07) is 0. The molecule has 0 unspecified atom stereocenters. The van der Waals surface area contributed by atoms with E-state index in [9.17, 15) is 0 Å². The third kappa shape index (κ3) is 4.55. The van der Waals surface area contributed by atoms with E-state index in [1.807, 2.05) is 0 Å². The molecule has 1 aliphatic carbocycles. The minimum Gasteiger partial charge on any atom is -0.0995 e. The van der Waals surface area contributed by atoms with Crippen LogP contribution in [0, 0.1) is 11.8 Å². The van der Waals surface area contributed by atoms with Crippen molar-refractivity contribution in [2.45, 2.75) is 65.2 Å². The highest BCUT2D eigenvalue weighted by Gasteiger charge is 2.21. The molecular formula is C16H28.